The van der Waals surface area contributed by atoms with Crippen LogP contribution in [-0.4, -0.2) is 26.5 Å². The molecule has 0 bridgehead atoms. The Morgan fingerprint density at radius 1 is 1.09 bits per heavy atom. The number of carbonyl (C=O) groups excluding carboxylic acids is 1. The van der Waals surface area contributed by atoms with E-state index in [0.29, 0.717) is 16.6 Å². The molecule has 0 aliphatic carbocycles. The molecule has 6 nitrogen and oxygen atoms in total. The van der Waals surface area contributed by atoms with Crippen molar-refractivity contribution in [2.45, 2.75) is 17.6 Å². The van der Waals surface area contributed by atoms with E-state index in [9.17, 15) is 35.2 Å². The van der Waals surface area contributed by atoms with E-state index in [2.05, 4.69) is 9.72 Å². The molecule has 1 heterocycles. The van der Waals surface area contributed by atoms with Crippen molar-refractivity contribution >= 4 is 33.4 Å². The average Bonchev–Trinajstić information content (AvgIpc) is 2.78. The third-order valence-corrected chi connectivity index (χ3v) is 6.64. The van der Waals surface area contributed by atoms with E-state index in [0.717, 1.165) is 49.6 Å². The first-order chi connectivity index (χ1) is 15.9. The second-order valence-corrected chi connectivity index (χ2v) is 9.02. The maximum absolute atomic E-state index is 14.3. The number of carbonyl (C=O) groups is 1. The molecular formula is C21H14ClF5N2O4S. The lowest BCUT2D eigenvalue weighted by Gasteiger charge is -2.25. The highest BCUT2D eigenvalue weighted by atomic mass is 35.5. The van der Waals surface area contributed by atoms with Crippen molar-refractivity contribution in [3.63, 3.8) is 0 Å². The minimum atomic E-state index is -4.82. The summed E-state index contributed by atoms with van der Waals surface area (Å²) in [5, 5.41) is -0.721. The van der Waals surface area contributed by atoms with Crippen molar-refractivity contribution in [2.24, 2.45) is 0 Å². The van der Waals surface area contributed by atoms with Gasteiger partial charge >= 0.3 is 12.1 Å². The maximum atomic E-state index is 14.3. The quantitative estimate of drug-likeness (QED) is 0.329. The van der Waals surface area contributed by atoms with Crippen LogP contribution in [-0.2, 0) is 27.5 Å². The van der Waals surface area contributed by atoms with Crippen molar-refractivity contribution in [2.75, 3.05) is 11.4 Å². The standard InChI is InChI=1S/C21H14ClF5N2O4S/c1-33-20(30)12-5-7-14(8-6-12)34(31,32)29(11-15-17(23)3-2-4-18(15)24)19-16(22)9-13(10-28-19)21(25,26)27/h2-10H,11H2,1H3. The van der Waals surface area contributed by atoms with Crippen LogP contribution in [0.1, 0.15) is 21.5 Å². The van der Waals surface area contributed by atoms with Gasteiger partial charge in [-0.15, -0.1) is 0 Å². The summed E-state index contributed by atoms with van der Waals surface area (Å²) in [6.45, 7) is -0.975. The lowest BCUT2D eigenvalue weighted by atomic mass is 10.2. The molecule has 0 N–H and O–H groups in total. The molecule has 2 aromatic carbocycles. The number of hydrogen-bond acceptors (Lipinski definition) is 5. The van der Waals surface area contributed by atoms with E-state index < -0.39 is 67.2 Å². The van der Waals surface area contributed by atoms with Crippen LogP contribution in [0, 0.1) is 11.6 Å². The van der Waals surface area contributed by atoms with Gasteiger partial charge < -0.3 is 4.74 Å². The number of ether oxygens (including phenoxy) is 1. The molecule has 0 amide bonds. The summed E-state index contributed by atoms with van der Waals surface area (Å²) in [6, 6.07) is 7.57. The third-order valence-electron chi connectivity index (χ3n) is 4.61. The van der Waals surface area contributed by atoms with E-state index >= 15 is 0 Å². The summed E-state index contributed by atoms with van der Waals surface area (Å²) in [5.74, 6) is -3.62. The second-order valence-electron chi connectivity index (χ2n) is 6.76. The second kappa shape index (κ2) is 9.55. The number of esters is 1. The molecule has 34 heavy (non-hydrogen) atoms. The molecule has 0 atom stereocenters. The number of nitrogens with zero attached hydrogens (tertiary/aromatic N) is 2. The molecular weight excluding hydrogens is 507 g/mol. The molecule has 3 rings (SSSR count). The minimum absolute atomic E-state index is 0.0128. The van der Waals surface area contributed by atoms with Crippen LogP contribution >= 0.6 is 11.6 Å². The van der Waals surface area contributed by atoms with E-state index in [1.54, 1.807) is 0 Å². The number of hydrogen-bond donors (Lipinski definition) is 0. The van der Waals surface area contributed by atoms with Crippen molar-refractivity contribution in [3.05, 3.63) is 88.1 Å². The molecule has 0 aliphatic heterocycles. The number of aromatic nitrogens is 1. The minimum Gasteiger partial charge on any atom is -0.465 e. The zero-order chi connectivity index (χ0) is 25.3. The summed E-state index contributed by atoms with van der Waals surface area (Å²) in [5.41, 5.74) is -1.92. The van der Waals surface area contributed by atoms with Crippen LogP contribution in [0.15, 0.2) is 59.6 Å². The summed E-state index contributed by atoms with van der Waals surface area (Å²) < 4.78 is 99.4. The number of methoxy groups -OCH3 is 1. The van der Waals surface area contributed by atoms with Gasteiger partial charge in [0.2, 0.25) is 0 Å². The molecule has 0 fully saturated rings. The van der Waals surface area contributed by atoms with Gasteiger partial charge in [0.1, 0.15) is 11.6 Å². The highest BCUT2D eigenvalue weighted by Gasteiger charge is 2.34. The highest BCUT2D eigenvalue weighted by Crippen LogP contribution is 2.36. The van der Waals surface area contributed by atoms with Gasteiger partial charge in [0.05, 0.1) is 34.7 Å². The van der Waals surface area contributed by atoms with E-state index in [-0.39, 0.29) is 5.56 Å². The normalized spacial score (nSPS) is 11.9. The SMILES string of the molecule is COC(=O)c1ccc(S(=O)(=O)N(Cc2c(F)cccc2F)c2ncc(C(F)(F)F)cc2Cl)cc1. The number of pyridine rings is 1. The molecule has 0 spiro atoms. The fourth-order valence-electron chi connectivity index (χ4n) is 2.88. The van der Waals surface area contributed by atoms with Crippen molar-refractivity contribution in [1.82, 2.24) is 4.98 Å². The average molecular weight is 521 g/mol. The van der Waals surface area contributed by atoms with Gasteiger partial charge in [-0.25, -0.2) is 31.3 Å². The Balaban J connectivity index is 2.16. The number of sulfonamides is 1. The Bertz CT molecular complexity index is 1310. The van der Waals surface area contributed by atoms with Gasteiger partial charge in [-0.1, -0.05) is 17.7 Å². The smallest absolute Gasteiger partial charge is 0.417 e. The van der Waals surface area contributed by atoms with Crippen LogP contribution in [0.25, 0.3) is 0 Å². The first kappa shape index (κ1) is 25.4. The van der Waals surface area contributed by atoms with Crippen LogP contribution in [0.5, 0.6) is 0 Å². The zero-order valence-corrected chi connectivity index (χ0v) is 18.7. The fraction of sp³-hybridized carbons (Fsp3) is 0.143. The lowest BCUT2D eigenvalue weighted by Crippen LogP contribution is -2.32. The van der Waals surface area contributed by atoms with Crippen molar-refractivity contribution < 1.29 is 39.9 Å². The summed E-state index contributed by atoms with van der Waals surface area (Å²) in [7, 11) is -3.57. The number of halogens is 6. The largest absolute Gasteiger partial charge is 0.465 e. The molecule has 1 aromatic heterocycles. The van der Waals surface area contributed by atoms with Gasteiger partial charge in [0, 0.05) is 11.8 Å². The highest BCUT2D eigenvalue weighted by molar-refractivity contribution is 7.92. The van der Waals surface area contributed by atoms with Gasteiger partial charge in [-0.05, 0) is 42.5 Å². The molecule has 0 saturated carbocycles. The molecule has 3 aromatic rings. The first-order valence-electron chi connectivity index (χ1n) is 9.23. The zero-order valence-electron chi connectivity index (χ0n) is 17.1. The summed E-state index contributed by atoms with van der Waals surface area (Å²) in [6.07, 6.45) is -4.47. The fourth-order valence-corrected chi connectivity index (χ4v) is 4.60. The van der Waals surface area contributed by atoms with E-state index in [1.807, 2.05) is 0 Å². The number of benzene rings is 2. The third kappa shape index (κ3) is 5.12. The van der Waals surface area contributed by atoms with Crippen molar-refractivity contribution in [1.29, 1.82) is 0 Å². The Morgan fingerprint density at radius 2 is 1.68 bits per heavy atom. The Kier molecular flexibility index (Phi) is 7.13. The van der Waals surface area contributed by atoms with E-state index in [1.165, 1.54) is 0 Å². The topological polar surface area (TPSA) is 76.6 Å². The molecule has 0 radical (unpaired) electrons. The molecule has 180 valence electrons. The van der Waals surface area contributed by atoms with Gasteiger partial charge in [0.15, 0.2) is 5.82 Å². The van der Waals surface area contributed by atoms with Gasteiger partial charge in [-0.2, -0.15) is 13.2 Å². The van der Waals surface area contributed by atoms with Crippen LogP contribution in [0.2, 0.25) is 5.02 Å². The maximum Gasteiger partial charge on any atom is 0.417 e. The number of anilines is 1. The Morgan fingerprint density at radius 3 is 2.18 bits per heavy atom. The molecule has 0 unspecified atom stereocenters. The van der Waals surface area contributed by atoms with Crippen LogP contribution in [0.4, 0.5) is 27.8 Å². The monoisotopic (exact) mass is 520 g/mol. The van der Waals surface area contributed by atoms with Crippen molar-refractivity contribution in [3.8, 4) is 0 Å². The van der Waals surface area contributed by atoms with Gasteiger partial charge in [-0.3, -0.25) is 0 Å². The number of rotatable bonds is 6. The predicted molar refractivity (Wildman–Crippen MR) is 112 cm³/mol. The lowest BCUT2D eigenvalue weighted by molar-refractivity contribution is -0.137. The predicted octanol–water partition coefficient (Wildman–Crippen LogP) is 5.21. The van der Waals surface area contributed by atoms with E-state index in [4.69, 9.17) is 11.6 Å². The summed E-state index contributed by atoms with van der Waals surface area (Å²) in [4.78, 5) is 14.7. The molecule has 0 aliphatic rings. The summed E-state index contributed by atoms with van der Waals surface area (Å²) >= 11 is 5.94. The number of alkyl halides is 3. The molecule has 13 heteroatoms. The van der Waals surface area contributed by atoms with Gasteiger partial charge in [0.25, 0.3) is 10.0 Å². The van der Waals surface area contributed by atoms with Crippen LogP contribution < -0.4 is 4.31 Å². The van der Waals surface area contributed by atoms with Crippen LogP contribution in [0.3, 0.4) is 0 Å². The molecule has 0 saturated heterocycles. The Labute approximate surface area is 195 Å². The Hall–Kier alpha value is -3.25. The first-order valence-corrected chi connectivity index (χ1v) is 11.0.